The van der Waals surface area contributed by atoms with Gasteiger partial charge in [-0.25, -0.2) is 0 Å². The lowest BCUT2D eigenvalue weighted by Gasteiger charge is -2.33. The average Bonchev–Trinajstić information content (AvgIpc) is 2.65. The Labute approximate surface area is 156 Å². The summed E-state index contributed by atoms with van der Waals surface area (Å²) in [6, 6.07) is 6.17. The second kappa shape index (κ2) is 10.5. The number of likely N-dealkylation sites (tertiary alicyclic amines) is 1. The molecule has 1 aromatic rings. The number of unbranched alkanes of at least 4 members (excludes halogenated alkanes) is 1. The number of piperidine rings is 1. The SMILES string of the molecule is CCCCN1CCC(NC(=NC)NCc2ccc(Cl)cc2OC)CC1. The minimum absolute atomic E-state index is 0.483. The van der Waals surface area contributed by atoms with E-state index >= 15 is 0 Å². The monoisotopic (exact) mass is 366 g/mol. The molecule has 2 rings (SSSR count). The number of methoxy groups -OCH3 is 1. The highest BCUT2D eigenvalue weighted by atomic mass is 35.5. The summed E-state index contributed by atoms with van der Waals surface area (Å²) >= 11 is 6.02. The van der Waals surface area contributed by atoms with Gasteiger partial charge >= 0.3 is 0 Å². The van der Waals surface area contributed by atoms with Crippen LogP contribution in [0.15, 0.2) is 23.2 Å². The predicted molar refractivity (Wildman–Crippen MR) is 106 cm³/mol. The summed E-state index contributed by atoms with van der Waals surface area (Å²) in [4.78, 5) is 6.92. The smallest absolute Gasteiger partial charge is 0.191 e. The molecule has 1 aliphatic rings. The summed E-state index contributed by atoms with van der Waals surface area (Å²) in [5.41, 5.74) is 1.06. The molecule has 0 aromatic heterocycles. The number of aliphatic imine (C=N–C) groups is 1. The van der Waals surface area contributed by atoms with Gasteiger partial charge in [0.25, 0.3) is 0 Å². The Balaban J connectivity index is 1.80. The molecular weight excluding hydrogens is 336 g/mol. The van der Waals surface area contributed by atoms with Gasteiger partial charge in [-0.2, -0.15) is 0 Å². The van der Waals surface area contributed by atoms with Crippen molar-refractivity contribution >= 4 is 17.6 Å². The zero-order chi connectivity index (χ0) is 18.1. The zero-order valence-electron chi connectivity index (χ0n) is 15.6. The number of hydrogen-bond donors (Lipinski definition) is 2. The number of guanidine groups is 1. The molecule has 1 aliphatic heterocycles. The molecule has 0 atom stereocenters. The molecule has 0 saturated carbocycles. The Hall–Kier alpha value is -1.46. The second-order valence-corrected chi connectivity index (χ2v) is 6.93. The van der Waals surface area contributed by atoms with Crippen LogP contribution < -0.4 is 15.4 Å². The maximum atomic E-state index is 6.02. The van der Waals surface area contributed by atoms with Crippen LogP contribution in [0.5, 0.6) is 5.75 Å². The van der Waals surface area contributed by atoms with Gasteiger partial charge < -0.3 is 20.3 Å². The van der Waals surface area contributed by atoms with Crippen LogP contribution in [0.3, 0.4) is 0 Å². The highest BCUT2D eigenvalue weighted by molar-refractivity contribution is 6.30. The average molecular weight is 367 g/mol. The van der Waals surface area contributed by atoms with Crippen molar-refractivity contribution in [2.45, 2.75) is 45.2 Å². The van der Waals surface area contributed by atoms with Gasteiger partial charge in [0.2, 0.25) is 0 Å². The molecule has 140 valence electrons. The van der Waals surface area contributed by atoms with Crippen LogP contribution in [-0.4, -0.2) is 50.7 Å². The fraction of sp³-hybridized carbons (Fsp3) is 0.632. The Morgan fingerprint density at radius 1 is 1.36 bits per heavy atom. The first-order valence-corrected chi connectivity index (χ1v) is 9.56. The molecule has 0 amide bonds. The standard InChI is InChI=1S/C19H31ClN4O/c1-4-5-10-24-11-8-17(9-12-24)23-19(21-2)22-14-15-6-7-16(20)13-18(15)25-3/h6-7,13,17H,4-5,8-12,14H2,1-3H3,(H2,21,22,23). The maximum Gasteiger partial charge on any atom is 0.191 e. The van der Waals surface area contributed by atoms with Crippen LogP contribution in [0.4, 0.5) is 0 Å². The molecule has 5 nitrogen and oxygen atoms in total. The molecule has 6 heteroatoms. The number of ether oxygens (including phenoxy) is 1. The van der Waals surface area contributed by atoms with E-state index in [0.717, 1.165) is 30.1 Å². The molecule has 0 bridgehead atoms. The molecule has 0 unspecified atom stereocenters. The van der Waals surface area contributed by atoms with Crippen molar-refractivity contribution in [3.8, 4) is 5.75 Å². The van der Waals surface area contributed by atoms with E-state index in [-0.39, 0.29) is 0 Å². The molecule has 0 aliphatic carbocycles. The number of halogens is 1. The Morgan fingerprint density at radius 3 is 2.76 bits per heavy atom. The molecular formula is C19H31ClN4O. The molecule has 1 saturated heterocycles. The van der Waals surface area contributed by atoms with E-state index in [1.165, 1.54) is 32.5 Å². The summed E-state index contributed by atoms with van der Waals surface area (Å²) in [7, 11) is 3.47. The van der Waals surface area contributed by atoms with Crippen molar-refractivity contribution in [1.29, 1.82) is 0 Å². The number of nitrogens with zero attached hydrogens (tertiary/aromatic N) is 2. The first kappa shape index (κ1) is 19.9. The lowest BCUT2D eigenvalue weighted by molar-refractivity contribution is 0.203. The predicted octanol–water partition coefficient (Wildman–Crippen LogP) is 3.28. The normalized spacial score (nSPS) is 16.7. The Morgan fingerprint density at radius 2 is 2.12 bits per heavy atom. The topological polar surface area (TPSA) is 48.9 Å². The maximum absolute atomic E-state index is 6.02. The van der Waals surface area contributed by atoms with Gasteiger partial charge in [0.05, 0.1) is 7.11 Å². The van der Waals surface area contributed by atoms with Crippen LogP contribution in [0, 0.1) is 0 Å². The molecule has 1 heterocycles. The van der Waals surface area contributed by atoms with Crippen LogP contribution in [-0.2, 0) is 6.54 Å². The number of benzene rings is 1. The molecule has 2 N–H and O–H groups in total. The second-order valence-electron chi connectivity index (χ2n) is 6.50. The third kappa shape index (κ3) is 6.40. The van der Waals surface area contributed by atoms with Gasteiger partial charge in [0.15, 0.2) is 5.96 Å². The van der Waals surface area contributed by atoms with Crippen molar-refractivity contribution in [2.75, 3.05) is 33.8 Å². The Bertz CT molecular complexity index is 556. The minimum atomic E-state index is 0.483. The fourth-order valence-electron chi connectivity index (χ4n) is 3.11. The lowest BCUT2D eigenvalue weighted by atomic mass is 10.0. The minimum Gasteiger partial charge on any atom is -0.496 e. The quantitative estimate of drug-likeness (QED) is 0.574. The number of hydrogen-bond acceptors (Lipinski definition) is 3. The lowest BCUT2D eigenvalue weighted by Crippen LogP contribution is -2.48. The van der Waals surface area contributed by atoms with Gasteiger partial charge in [0.1, 0.15) is 5.75 Å². The van der Waals surface area contributed by atoms with E-state index in [4.69, 9.17) is 16.3 Å². The summed E-state index contributed by atoms with van der Waals surface area (Å²) in [6.07, 6.45) is 4.89. The van der Waals surface area contributed by atoms with E-state index in [9.17, 15) is 0 Å². The van der Waals surface area contributed by atoms with E-state index in [0.29, 0.717) is 17.6 Å². The fourth-order valence-corrected chi connectivity index (χ4v) is 3.28. The van der Waals surface area contributed by atoms with Gasteiger partial charge in [-0.1, -0.05) is 31.0 Å². The third-order valence-electron chi connectivity index (χ3n) is 4.68. The summed E-state index contributed by atoms with van der Waals surface area (Å²) < 4.78 is 5.40. The van der Waals surface area contributed by atoms with Gasteiger partial charge in [-0.05, 0) is 37.9 Å². The summed E-state index contributed by atoms with van der Waals surface area (Å²) in [5, 5.41) is 7.60. The van der Waals surface area contributed by atoms with E-state index in [2.05, 4.69) is 27.4 Å². The van der Waals surface area contributed by atoms with E-state index in [1.54, 1.807) is 7.11 Å². The highest BCUT2D eigenvalue weighted by Gasteiger charge is 2.19. The molecule has 0 radical (unpaired) electrons. The van der Waals surface area contributed by atoms with Crippen molar-refractivity contribution in [3.63, 3.8) is 0 Å². The van der Waals surface area contributed by atoms with Crippen molar-refractivity contribution in [2.24, 2.45) is 4.99 Å². The van der Waals surface area contributed by atoms with E-state index in [1.807, 2.05) is 25.2 Å². The zero-order valence-corrected chi connectivity index (χ0v) is 16.4. The van der Waals surface area contributed by atoms with Crippen molar-refractivity contribution < 1.29 is 4.74 Å². The van der Waals surface area contributed by atoms with Crippen LogP contribution in [0.25, 0.3) is 0 Å². The highest BCUT2D eigenvalue weighted by Crippen LogP contribution is 2.22. The number of rotatable bonds is 7. The molecule has 25 heavy (non-hydrogen) atoms. The molecule has 0 spiro atoms. The summed E-state index contributed by atoms with van der Waals surface area (Å²) in [5.74, 6) is 1.63. The van der Waals surface area contributed by atoms with Crippen LogP contribution in [0.1, 0.15) is 38.2 Å². The first-order valence-electron chi connectivity index (χ1n) is 9.18. The number of nitrogens with one attached hydrogen (secondary N) is 2. The van der Waals surface area contributed by atoms with E-state index < -0.39 is 0 Å². The van der Waals surface area contributed by atoms with Crippen LogP contribution >= 0.6 is 11.6 Å². The van der Waals surface area contributed by atoms with Gasteiger partial charge in [-0.15, -0.1) is 0 Å². The van der Waals surface area contributed by atoms with Crippen molar-refractivity contribution in [3.05, 3.63) is 28.8 Å². The van der Waals surface area contributed by atoms with Crippen LogP contribution in [0.2, 0.25) is 5.02 Å². The third-order valence-corrected chi connectivity index (χ3v) is 4.91. The Kier molecular flexibility index (Phi) is 8.35. The largest absolute Gasteiger partial charge is 0.496 e. The summed E-state index contributed by atoms with van der Waals surface area (Å²) in [6.45, 7) is 6.46. The first-order chi connectivity index (χ1) is 12.2. The van der Waals surface area contributed by atoms with Gasteiger partial charge in [-0.3, -0.25) is 4.99 Å². The van der Waals surface area contributed by atoms with Crippen molar-refractivity contribution in [1.82, 2.24) is 15.5 Å². The molecule has 1 aromatic carbocycles. The molecule has 1 fully saturated rings. The van der Waals surface area contributed by atoms with Gasteiger partial charge in [0, 0.05) is 43.3 Å².